The molecule has 2 saturated heterocycles. The average Bonchev–Trinajstić information content (AvgIpc) is 3.21. The maximum absolute atomic E-state index is 13.6. The van der Waals surface area contributed by atoms with Crippen LogP contribution in [0.1, 0.15) is 55.4 Å². The molecule has 1 atom stereocenters. The monoisotopic (exact) mass is 580 g/mol. The number of nitrogens with zero attached hydrogens (tertiary/aromatic N) is 4. The van der Waals surface area contributed by atoms with Crippen molar-refractivity contribution in [2.24, 2.45) is 5.92 Å². The van der Waals surface area contributed by atoms with Crippen LogP contribution >= 0.6 is 24.0 Å². The molecule has 2 aliphatic heterocycles. The van der Waals surface area contributed by atoms with E-state index in [1.54, 1.807) is 30.6 Å². The summed E-state index contributed by atoms with van der Waals surface area (Å²) in [6, 6.07) is 7.83. The van der Waals surface area contributed by atoms with Gasteiger partial charge in [0.25, 0.3) is 11.5 Å². The highest BCUT2D eigenvalue weighted by atomic mass is 32.2. The number of carbonyl (C=O) groups excluding carboxylic acids is 1. The fourth-order valence-corrected chi connectivity index (χ4v) is 6.69. The first kappa shape index (κ1) is 29.7. The van der Waals surface area contributed by atoms with Crippen molar-refractivity contribution in [3.8, 4) is 17.6 Å². The molecule has 1 unspecified atom stereocenters. The third-order valence-corrected chi connectivity index (χ3v) is 8.85. The van der Waals surface area contributed by atoms with Crippen LogP contribution in [0.25, 0.3) is 6.08 Å². The Morgan fingerprint density at radius 1 is 1.20 bits per heavy atom. The van der Waals surface area contributed by atoms with Crippen LogP contribution in [0, 0.1) is 24.2 Å². The molecule has 2 aliphatic rings. The van der Waals surface area contributed by atoms with Gasteiger partial charge in [0.05, 0.1) is 19.1 Å². The van der Waals surface area contributed by atoms with E-state index in [0.717, 1.165) is 49.3 Å². The van der Waals surface area contributed by atoms with Crippen molar-refractivity contribution in [1.29, 1.82) is 5.26 Å². The van der Waals surface area contributed by atoms with Crippen molar-refractivity contribution >= 4 is 46.1 Å². The van der Waals surface area contributed by atoms with Crippen LogP contribution in [-0.4, -0.2) is 53.5 Å². The fourth-order valence-electron chi connectivity index (χ4n) is 5.40. The molecule has 2 fully saturated rings. The number of methoxy groups -OCH3 is 2. The molecule has 4 rings (SSSR count). The van der Waals surface area contributed by atoms with E-state index in [0.29, 0.717) is 51.7 Å². The van der Waals surface area contributed by atoms with Gasteiger partial charge >= 0.3 is 0 Å². The van der Waals surface area contributed by atoms with E-state index in [-0.39, 0.29) is 17.0 Å². The number of hydrogen-bond acceptors (Lipinski definition) is 8. The SMILES string of the molecule is CCCn1c(N2CCCC(C)C2)c(C=C2SC(=S)N(CCc3ccc(OC)c(OC)c3)C2=O)c(C)c(C#N)c1=O. The van der Waals surface area contributed by atoms with Gasteiger partial charge in [0, 0.05) is 31.7 Å². The molecular weight excluding hydrogens is 544 g/mol. The largest absolute Gasteiger partial charge is 0.493 e. The Kier molecular flexibility index (Phi) is 9.59. The van der Waals surface area contributed by atoms with Crippen LogP contribution < -0.4 is 19.9 Å². The third kappa shape index (κ3) is 5.91. The van der Waals surface area contributed by atoms with E-state index in [4.69, 9.17) is 21.7 Å². The number of thioether (sulfide) groups is 1. The van der Waals surface area contributed by atoms with Gasteiger partial charge in [0.2, 0.25) is 0 Å². The summed E-state index contributed by atoms with van der Waals surface area (Å²) in [6.45, 7) is 8.61. The van der Waals surface area contributed by atoms with Crippen molar-refractivity contribution in [3.63, 3.8) is 0 Å². The van der Waals surface area contributed by atoms with Crippen molar-refractivity contribution in [1.82, 2.24) is 9.47 Å². The number of amides is 1. The smallest absolute Gasteiger partial charge is 0.270 e. The lowest BCUT2D eigenvalue weighted by molar-refractivity contribution is -0.122. The van der Waals surface area contributed by atoms with E-state index in [1.165, 1.54) is 11.8 Å². The first-order valence-electron chi connectivity index (χ1n) is 13.6. The van der Waals surface area contributed by atoms with Gasteiger partial charge in [-0.25, -0.2) is 0 Å². The first-order chi connectivity index (χ1) is 19.2. The Hall–Kier alpha value is -3.29. The van der Waals surface area contributed by atoms with Gasteiger partial charge in [0.15, 0.2) is 11.5 Å². The molecule has 1 amide bonds. The van der Waals surface area contributed by atoms with Crippen LogP contribution in [0.4, 0.5) is 5.82 Å². The van der Waals surface area contributed by atoms with Gasteiger partial charge in [-0.3, -0.25) is 19.1 Å². The highest BCUT2D eigenvalue weighted by molar-refractivity contribution is 8.26. The summed E-state index contributed by atoms with van der Waals surface area (Å²) in [5, 5.41) is 9.89. The summed E-state index contributed by atoms with van der Waals surface area (Å²) >= 11 is 6.88. The zero-order valence-corrected chi connectivity index (χ0v) is 25.4. The standard InChI is InChI=1S/C30H36N4O4S2/c1-6-12-33-27(32-13-7-8-19(2)18-32)22(20(3)23(17-31)28(33)35)16-26-29(36)34(30(39)40-26)14-11-21-9-10-24(37-4)25(15-21)38-5/h9-10,15-16,19H,6-8,11-14,18H2,1-5H3. The Labute approximate surface area is 245 Å². The fraction of sp³-hybridized carbons (Fsp3) is 0.467. The Balaban J connectivity index is 1.71. The van der Waals surface area contributed by atoms with Crippen molar-refractivity contribution < 1.29 is 14.3 Å². The molecule has 0 aliphatic carbocycles. The van der Waals surface area contributed by atoms with Crippen molar-refractivity contribution in [3.05, 3.63) is 55.7 Å². The highest BCUT2D eigenvalue weighted by Gasteiger charge is 2.33. The molecule has 212 valence electrons. The van der Waals surface area contributed by atoms with Crippen LogP contribution in [0.2, 0.25) is 0 Å². The summed E-state index contributed by atoms with van der Waals surface area (Å²) < 4.78 is 13.0. The van der Waals surface area contributed by atoms with Crippen molar-refractivity contribution in [2.75, 3.05) is 38.8 Å². The van der Waals surface area contributed by atoms with E-state index in [1.807, 2.05) is 31.2 Å². The predicted molar refractivity (Wildman–Crippen MR) is 164 cm³/mol. The van der Waals surface area contributed by atoms with Crippen LogP contribution in [0.15, 0.2) is 27.9 Å². The molecule has 0 N–H and O–H groups in total. The zero-order chi connectivity index (χ0) is 29.0. The second kappa shape index (κ2) is 12.9. The second-order valence-corrected chi connectivity index (χ2v) is 11.9. The number of nitriles is 1. The number of ether oxygens (including phenoxy) is 2. The van der Waals surface area contributed by atoms with Gasteiger partial charge in [0.1, 0.15) is 21.8 Å². The summed E-state index contributed by atoms with van der Waals surface area (Å²) in [7, 11) is 3.19. The van der Waals surface area contributed by atoms with Gasteiger partial charge in [-0.1, -0.05) is 43.9 Å². The van der Waals surface area contributed by atoms with Gasteiger partial charge < -0.3 is 14.4 Å². The molecule has 2 aromatic rings. The van der Waals surface area contributed by atoms with Gasteiger partial charge in [-0.2, -0.15) is 5.26 Å². The number of thiocarbonyl (C=S) groups is 1. The number of anilines is 1. The number of carbonyl (C=O) groups is 1. The summed E-state index contributed by atoms with van der Waals surface area (Å²) in [5.41, 5.74) is 2.20. The minimum Gasteiger partial charge on any atom is -0.493 e. The number of rotatable bonds is 9. The summed E-state index contributed by atoms with van der Waals surface area (Å²) in [6.07, 6.45) is 5.35. The lowest BCUT2D eigenvalue weighted by atomic mass is 9.98. The number of piperidine rings is 1. The lowest BCUT2D eigenvalue weighted by Gasteiger charge is -2.36. The molecule has 3 heterocycles. The maximum Gasteiger partial charge on any atom is 0.270 e. The zero-order valence-electron chi connectivity index (χ0n) is 23.8. The Bertz CT molecular complexity index is 1440. The predicted octanol–water partition coefficient (Wildman–Crippen LogP) is 5.14. The Morgan fingerprint density at radius 2 is 1.95 bits per heavy atom. The Morgan fingerprint density at radius 3 is 2.60 bits per heavy atom. The van der Waals surface area contributed by atoms with Crippen molar-refractivity contribution in [2.45, 2.75) is 53.0 Å². The van der Waals surface area contributed by atoms with E-state index in [9.17, 15) is 14.9 Å². The molecule has 0 bridgehead atoms. The molecule has 40 heavy (non-hydrogen) atoms. The molecule has 8 nitrogen and oxygen atoms in total. The minimum absolute atomic E-state index is 0.123. The molecule has 0 spiro atoms. The molecule has 0 saturated carbocycles. The van der Waals surface area contributed by atoms with Gasteiger partial charge in [-0.15, -0.1) is 0 Å². The quantitative estimate of drug-likeness (QED) is 0.298. The molecule has 1 aromatic carbocycles. The number of pyridine rings is 1. The lowest BCUT2D eigenvalue weighted by Crippen LogP contribution is -2.40. The second-order valence-electron chi connectivity index (χ2n) is 10.3. The number of hydrogen-bond donors (Lipinski definition) is 0. The molecule has 1 aromatic heterocycles. The molecule has 0 radical (unpaired) electrons. The maximum atomic E-state index is 13.6. The van der Waals surface area contributed by atoms with Crippen LogP contribution in [0.3, 0.4) is 0 Å². The van der Waals surface area contributed by atoms with Crippen LogP contribution in [0.5, 0.6) is 11.5 Å². The van der Waals surface area contributed by atoms with E-state index < -0.39 is 0 Å². The van der Waals surface area contributed by atoms with Gasteiger partial charge in [-0.05, 0) is 67.9 Å². The molecule has 10 heteroatoms. The number of benzene rings is 1. The van der Waals surface area contributed by atoms with E-state index in [2.05, 4.69) is 17.9 Å². The average molecular weight is 581 g/mol. The topological polar surface area (TPSA) is 87.8 Å². The normalized spacial score (nSPS) is 18.4. The number of aromatic nitrogens is 1. The summed E-state index contributed by atoms with van der Waals surface area (Å²) in [5.74, 6) is 2.40. The molecular formula is C30H36N4O4S2. The highest BCUT2D eigenvalue weighted by Crippen LogP contribution is 2.37. The first-order valence-corrected chi connectivity index (χ1v) is 14.8. The minimum atomic E-state index is -0.269. The van der Waals surface area contributed by atoms with E-state index >= 15 is 0 Å². The van der Waals surface area contributed by atoms with Crippen LogP contribution in [-0.2, 0) is 17.8 Å². The summed E-state index contributed by atoms with van der Waals surface area (Å²) in [4.78, 5) is 31.4. The third-order valence-electron chi connectivity index (χ3n) is 7.47.